The fourth-order valence-corrected chi connectivity index (χ4v) is 5.59. The Balaban J connectivity index is 1.66. The second-order valence-electron chi connectivity index (χ2n) is 6.98. The summed E-state index contributed by atoms with van der Waals surface area (Å²) in [4.78, 5) is 0. The zero-order valence-electron chi connectivity index (χ0n) is 12.7. The van der Waals surface area contributed by atoms with E-state index in [1.165, 1.54) is 24.2 Å². The van der Waals surface area contributed by atoms with Crippen molar-refractivity contribution in [2.75, 3.05) is 0 Å². The van der Waals surface area contributed by atoms with Crippen molar-refractivity contribution < 1.29 is 8.42 Å². The van der Waals surface area contributed by atoms with Crippen LogP contribution < -0.4 is 10.0 Å². The summed E-state index contributed by atoms with van der Waals surface area (Å²) in [6.45, 7) is 5.06. The molecule has 1 aromatic heterocycles. The molecule has 1 atom stereocenters. The van der Waals surface area contributed by atoms with Crippen molar-refractivity contribution >= 4 is 21.4 Å². The van der Waals surface area contributed by atoms with Crippen LogP contribution in [-0.2, 0) is 16.6 Å². The highest BCUT2D eigenvalue weighted by molar-refractivity contribution is 7.91. The van der Waals surface area contributed by atoms with Crippen LogP contribution in [0.2, 0.25) is 0 Å². The highest BCUT2D eigenvalue weighted by Crippen LogP contribution is 2.38. The Morgan fingerprint density at radius 2 is 2.10 bits per heavy atom. The van der Waals surface area contributed by atoms with Crippen molar-refractivity contribution in [3.05, 3.63) is 17.0 Å². The maximum atomic E-state index is 12.5. The van der Waals surface area contributed by atoms with Crippen molar-refractivity contribution in [3.8, 4) is 0 Å². The summed E-state index contributed by atoms with van der Waals surface area (Å²) in [7, 11) is -3.38. The standard InChI is InChI=1S/C15H24N2O2S2/c1-15(2)7-3-4-13(15)17-21(18,19)14-8-11(10-20-14)9-16-12-5-6-12/h8,10,12-13,16-17H,3-7,9H2,1-2H3. The molecule has 3 rings (SSSR count). The van der Waals surface area contributed by atoms with Crippen LogP contribution in [0.1, 0.15) is 51.5 Å². The molecule has 2 aliphatic carbocycles. The number of thiophene rings is 1. The molecule has 0 spiro atoms. The highest BCUT2D eigenvalue weighted by atomic mass is 32.2. The van der Waals surface area contributed by atoms with Crippen LogP contribution in [0, 0.1) is 5.41 Å². The Morgan fingerprint density at radius 1 is 1.33 bits per heavy atom. The molecule has 2 aliphatic rings. The minimum Gasteiger partial charge on any atom is -0.310 e. The first-order chi connectivity index (χ1) is 9.87. The Morgan fingerprint density at radius 3 is 2.71 bits per heavy atom. The van der Waals surface area contributed by atoms with Gasteiger partial charge in [0.25, 0.3) is 0 Å². The van der Waals surface area contributed by atoms with E-state index in [-0.39, 0.29) is 11.5 Å². The molecule has 1 aromatic rings. The van der Waals surface area contributed by atoms with Crippen LogP contribution in [-0.4, -0.2) is 20.5 Å². The molecular formula is C15H24N2O2S2. The minimum atomic E-state index is -3.38. The Bertz CT molecular complexity index is 603. The molecule has 2 saturated carbocycles. The Kier molecular flexibility index (Phi) is 4.16. The van der Waals surface area contributed by atoms with Gasteiger partial charge >= 0.3 is 0 Å². The van der Waals surface area contributed by atoms with E-state index in [0.717, 1.165) is 31.4 Å². The zero-order valence-corrected chi connectivity index (χ0v) is 14.3. The maximum absolute atomic E-state index is 12.5. The van der Waals surface area contributed by atoms with E-state index in [4.69, 9.17) is 0 Å². The van der Waals surface area contributed by atoms with Crippen LogP contribution in [0.4, 0.5) is 0 Å². The summed E-state index contributed by atoms with van der Waals surface area (Å²) in [6, 6.07) is 2.50. The van der Waals surface area contributed by atoms with Gasteiger partial charge in [-0.1, -0.05) is 20.3 Å². The predicted molar refractivity (Wildman–Crippen MR) is 85.9 cm³/mol. The third kappa shape index (κ3) is 3.67. The first kappa shape index (κ1) is 15.5. The number of hydrogen-bond acceptors (Lipinski definition) is 4. The molecular weight excluding hydrogens is 304 g/mol. The van der Waals surface area contributed by atoms with E-state index in [9.17, 15) is 8.42 Å². The van der Waals surface area contributed by atoms with Crippen molar-refractivity contribution in [3.63, 3.8) is 0 Å². The summed E-state index contributed by atoms with van der Waals surface area (Å²) < 4.78 is 28.4. The van der Waals surface area contributed by atoms with Crippen molar-refractivity contribution in [1.82, 2.24) is 10.0 Å². The molecule has 0 saturated heterocycles. The van der Waals surface area contributed by atoms with E-state index in [1.807, 2.05) is 11.4 Å². The summed E-state index contributed by atoms with van der Waals surface area (Å²) >= 11 is 1.32. The first-order valence-electron chi connectivity index (χ1n) is 7.70. The topological polar surface area (TPSA) is 58.2 Å². The molecule has 6 heteroatoms. The van der Waals surface area contributed by atoms with Crippen molar-refractivity contribution in [2.45, 2.75) is 68.8 Å². The summed E-state index contributed by atoms with van der Waals surface area (Å²) in [5.41, 5.74) is 1.12. The summed E-state index contributed by atoms with van der Waals surface area (Å²) in [5.74, 6) is 0. The van der Waals surface area contributed by atoms with Crippen LogP contribution in [0.3, 0.4) is 0 Å². The van der Waals surface area contributed by atoms with Gasteiger partial charge in [-0.15, -0.1) is 11.3 Å². The fraction of sp³-hybridized carbons (Fsp3) is 0.733. The molecule has 118 valence electrons. The monoisotopic (exact) mass is 328 g/mol. The minimum absolute atomic E-state index is 0.0534. The van der Waals surface area contributed by atoms with E-state index in [2.05, 4.69) is 23.9 Å². The molecule has 2 N–H and O–H groups in total. The number of sulfonamides is 1. The average Bonchev–Trinajstić information content (AvgIpc) is 3.00. The lowest BCUT2D eigenvalue weighted by molar-refractivity contribution is 0.313. The van der Waals surface area contributed by atoms with E-state index < -0.39 is 10.0 Å². The van der Waals surface area contributed by atoms with Gasteiger partial charge < -0.3 is 5.32 Å². The fourth-order valence-electron chi connectivity index (χ4n) is 2.93. The summed E-state index contributed by atoms with van der Waals surface area (Å²) in [6.07, 6.45) is 5.61. The SMILES string of the molecule is CC1(C)CCCC1NS(=O)(=O)c1cc(CNC2CC2)cs1. The third-order valence-electron chi connectivity index (χ3n) is 4.62. The molecule has 21 heavy (non-hydrogen) atoms. The lowest BCUT2D eigenvalue weighted by Crippen LogP contribution is -2.41. The summed E-state index contributed by atoms with van der Waals surface area (Å²) in [5, 5.41) is 5.36. The van der Waals surface area contributed by atoms with Gasteiger partial charge in [-0.05, 0) is 48.1 Å². The lowest BCUT2D eigenvalue weighted by Gasteiger charge is -2.27. The van der Waals surface area contributed by atoms with E-state index in [0.29, 0.717) is 10.3 Å². The van der Waals surface area contributed by atoms with Crippen LogP contribution in [0.25, 0.3) is 0 Å². The average molecular weight is 329 g/mol. The quantitative estimate of drug-likeness (QED) is 0.844. The molecule has 4 nitrogen and oxygen atoms in total. The van der Waals surface area contributed by atoms with Gasteiger partial charge in [0, 0.05) is 18.6 Å². The van der Waals surface area contributed by atoms with Crippen molar-refractivity contribution in [2.24, 2.45) is 5.41 Å². The molecule has 0 bridgehead atoms. The van der Waals surface area contributed by atoms with Gasteiger partial charge in [-0.25, -0.2) is 13.1 Å². The third-order valence-corrected chi connectivity index (χ3v) is 7.58. The van der Waals surface area contributed by atoms with Crippen LogP contribution in [0.15, 0.2) is 15.7 Å². The molecule has 1 heterocycles. The molecule has 1 unspecified atom stereocenters. The first-order valence-corrected chi connectivity index (χ1v) is 10.1. The van der Waals surface area contributed by atoms with Gasteiger partial charge in [0.15, 0.2) is 0 Å². The van der Waals surface area contributed by atoms with E-state index in [1.54, 1.807) is 0 Å². The van der Waals surface area contributed by atoms with Gasteiger partial charge in [0.05, 0.1) is 0 Å². The van der Waals surface area contributed by atoms with Crippen LogP contribution >= 0.6 is 11.3 Å². The largest absolute Gasteiger partial charge is 0.310 e. The molecule has 0 radical (unpaired) electrons. The maximum Gasteiger partial charge on any atom is 0.250 e. The van der Waals surface area contributed by atoms with Crippen LogP contribution in [0.5, 0.6) is 0 Å². The number of rotatable bonds is 6. The van der Waals surface area contributed by atoms with Crippen molar-refractivity contribution in [1.29, 1.82) is 0 Å². The predicted octanol–water partition coefficient (Wildman–Crippen LogP) is 2.86. The second-order valence-corrected chi connectivity index (χ2v) is 9.84. The number of hydrogen-bond donors (Lipinski definition) is 2. The van der Waals surface area contributed by atoms with Gasteiger partial charge in [-0.2, -0.15) is 0 Å². The second kappa shape index (κ2) is 5.65. The molecule has 2 fully saturated rings. The normalized spacial score (nSPS) is 25.3. The lowest BCUT2D eigenvalue weighted by atomic mass is 9.88. The van der Waals surface area contributed by atoms with Gasteiger partial charge in [0.2, 0.25) is 10.0 Å². The molecule has 0 aliphatic heterocycles. The van der Waals surface area contributed by atoms with E-state index >= 15 is 0 Å². The van der Waals surface area contributed by atoms with Gasteiger partial charge in [0.1, 0.15) is 4.21 Å². The Labute approximate surface area is 131 Å². The number of nitrogens with one attached hydrogen (secondary N) is 2. The smallest absolute Gasteiger partial charge is 0.250 e. The molecule has 0 aromatic carbocycles. The van der Waals surface area contributed by atoms with Gasteiger partial charge in [-0.3, -0.25) is 0 Å². The zero-order chi connectivity index (χ0) is 15.1. The Hall–Kier alpha value is -0.430. The molecule has 0 amide bonds. The highest BCUT2D eigenvalue weighted by Gasteiger charge is 2.37.